The van der Waals surface area contributed by atoms with Crippen LogP contribution in [0.5, 0.6) is 5.75 Å². The van der Waals surface area contributed by atoms with Gasteiger partial charge in [0.1, 0.15) is 5.75 Å². The van der Waals surface area contributed by atoms with Crippen LogP contribution in [0, 0.1) is 30.6 Å². The van der Waals surface area contributed by atoms with E-state index in [-0.39, 0.29) is 47.0 Å². The molecule has 4 aromatic rings. The highest BCUT2D eigenvalue weighted by Gasteiger charge is 2.66. The van der Waals surface area contributed by atoms with Crippen molar-refractivity contribution in [2.24, 2.45) is 23.7 Å². The molecule has 1 saturated carbocycles. The molecule has 49 heavy (non-hydrogen) atoms. The Bertz CT molecular complexity index is 2140. The highest BCUT2D eigenvalue weighted by atomic mass is 35.5. The number of ketones is 2. The van der Waals surface area contributed by atoms with Crippen molar-refractivity contribution in [1.29, 1.82) is 0 Å². The molecular weight excluding hydrogens is 657 g/mol. The first kappa shape index (κ1) is 31.5. The molecule has 0 spiro atoms. The van der Waals surface area contributed by atoms with E-state index in [1.165, 1.54) is 23.1 Å². The lowest BCUT2D eigenvalue weighted by Gasteiger charge is -2.55. The molecular formula is C41H31Cl2NO5. The Morgan fingerprint density at radius 2 is 1.51 bits per heavy atom. The molecule has 0 unspecified atom stereocenters. The van der Waals surface area contributed by atoms with Gasteiger partial charge < -0.3 is 5.11 Å². The fourth-order valence-electron chi connectivity index (χ4n) is 8.94. The third kappa shape index (κ3) is 4.61. The zero-order chi connectivity index (χ0) is 34.2. The Morgan fingerprint density at radius 3 is 2.20 bits per heavy atom. The van der Waals surface area contributed by atoms with Gasteiger partial charge in [-0.15, -0.1) is 0 Å². The predicted molar refractivity (Wildman–Crippen MR) is 188 cm³/mol. The average Bonchev–Trinajstić information content (AvgIpc) is 3.36. The second kappa shape index (κ2) is 11.7. The maximum Gasteiger partial charge on any atom is 0.238 e. The summed E-state index contributed by atoms with van der Waals surface area (Å²) in [5.74, 6) is -4.70. The maximum absolute atomic E-state index is 15.1. The van der Waals surface area contributed by atoms with Crippen molar-refractivity contribution in [1.82, 2.24) is 0 Å². The highest BCUT2D eigenvalue weighted by Crippen LogP contribution is 2.64. The van der Waals surface area contributed by atoms with Crippen molar-refractivity contribution in [2.75, 3.05) is 4.90 Å². The number of nitrogens with zero attached hydrogens (tertiary/aromatic N) is 1. The molecule has 0 bridgehead atoms. The van der Waals surface area contributed by atoms with Gasteiger partial charge in [-0.1, -0.05) is 108 Å². The molecule has 1 heterocycles. The van der Waals surface area contributed by atoms with Crippen molar-refractivity contribution in [3.05, 3.63) is 147 Å². The fraction of sp³-hybridized carbons (Fsp3) is 0.220. The van der Waals surface area contributed by atoms with Crippen LogP contribution < -0.4 is 4.90 Å². The molecule has 6 atom stereocenters. The van der Waals surface area contributed by atoms with Gasteiger partial charge in [-0.2, -0.15) is 0 Å². The number of rotatable bonds is 4. The molecule has 8 heteroatoms. The van der Waals surface area contributed by atoms with Crippen molar-refractivity contribution < 1.29 is 24.3 Å². The van der Waals surface area contributed by atoms with E-state index in [1.807, 2.05) is 73.7 Å². The van der Waals surface area contributed by atoms with Crippen molar-refractivity contribution in [3.63, 3.8) is 0 Å². The van der Waals surface area contributed by atoms with E-state index >= 15 is 4.79 Å². The number of amides is 2. The Balaban J connectivity index is 1.36. The van der Waals surface area contributed by atoms with Crippen LogP contribution in [0.3, 0.4) is 0 Å². The second-order valence-corrected chi connectivity index (χ2v) is 14.3. The van der Waals surface area contributed by atoms with Gasteiger partial charge in [-0.05, 0) is 78.3 Å². The molecule has 8 rings (SSSR count). The van der Waals surface area contributed by atoms with Crippen LogP contribution in [-0.4, -0.2) is 28.5 Å². The summed E-state index contributed by atoms with van der Waals surface area (Å²) in [6, 6.07) is 28.3. The summed E-state index contributed by atoms with van der Waals surface area (Å²) in [6.45, 7) is 1.85. The van der Waals surface area contributed by atoms with Crippen LogP contribution in [0.15, 0.2) is 115 Å². The summed E-state index contributed by atoms with van der Waals surface area (Å²) >= 11 is 13.4. The zero-order valence-corrected chi connectivity index (χ0v) is 28.0. The summed E-state index contributed by atoms with van der Waals surface area (Å²) in [5.41, 5.74) is 2.83. The number of Topliss-reactive ketones (excluding diaryl/α,β-unsaturated/α-hetero) is 1. The van der Waals surface area contributed by atoms with Gasteiger partial charge in [0.25, 0.3) is 0 Å². The number of aryl methyl sites for hydroxylation is 1. The first-order valence-electron chi connectivity index (χ1n) is 16.4. The zero-order valence-electron chi connectivity index (χ0n) is 26.5. The van der Waals surface area contributed by atoms with Gasteiger partial charge in [0.2, 0.25) is 11.8 Å². The number of allylic oxidation sites excluding steroid dienone is 4. The van der Waals surface area contributed by atoms with Crippen LogP contribution in [0.4, 0.5) is 5.69 Å². The number of fused-ring (bicyclic) bond motifs is 4. The van der Waals surface area contributed by atoms with Gasteiger partial charge in [-0.3, -0.25) is 19.2 Å². The minimum Gasteiger partial charge on any atom is -0.508 e. The smallest absolute Gasteiger partial charge is 0.238 e. The first-order valence-corrected chi connectivity index (χ1v) is 17.1. The Kier molecular flexibility index (Phi) is 7.50. The lowest BCUT2D eigenvalue weighted by molar-refractivity contribution is -0.135. The Hall–Kier alpha value is -4.78. The predicted octanol–water partition coefficient (Wildman–Crippen LogP) is 8.04. The number of benzene rings is 4. The van der Waals surface area contributed by atoms with Crippen LogP contribution in [0.2, 0.25) is 10.0 Å². The highest BCUT2D eigenvalue weighted by molar-refractivity contribution is 6.34. The van der Waals surface area contributed by atoms with E-state index in [1.54, 1.807) is 24.3 Å². The van der Waals surface area contributed by atoms with Gasteiger partial charge in [0.15, 0.2) is 11.6 Å². The lowest BCUT2D eigenvalue weighted by Crippen LogP contribution is -2.58. The van der Waals surface area contributed by atoms with Gasteiger partial charge >= 0.3 is 0 Å². The number of phenolic OH excluding ortho intramolecular Hbond substituents is 1. The molecule has 1 saturated heterocycles. The summed E-state index contributed by atoms with van der Waals surface area (Å²) in [6.07, 6.45) is 3.93. The number of halogens is 2. The second-order valence-electron chi connectivity index (χ2n) is 13.4. The number of imide groups is 1. The molecule has 6 nitrogen and oxygen atoms in total. The normalized spacial score (nSPS) is 27.7. The number of carbonyl (C=O) groups excluding carboxylic acids is 4. The number of carbonyl (C=O) groups is 4. The third-order valence-electron chi connectivity index (χ3n) is 11.1. The van der Waals surface area contributed by atoms with Crippen molar-refractivity contribution in [3.8, 4) is 5.75 Å². The minimum absolute atomic E-state index is 0.0367. The van der Waals surface area contributed by atoms with E-state index in [0.29, 0.717) is 33.0 Å². The van der Waals surface area contributed by atoms with Gasteiger partial charge in [0, 0.05) is 27.5 Å². The molecule has 3 aliphatic carbocycles. The third-order valence-corrected chi connectivity index (χ3v) is 11.8. The van der Waals surface area contributed by atoms with Crippen LogP contribution in [-0.2, 0) is 24.6 Å². The fourth-order valence-corrected chi connectivity index (χ4v) is 9.40. The molecule has 2 fully saturated rings. The molecule has 0 aromatic heterocycles. The molecule has 4 aromatic carbocycles. The summed E-state index contributed by atoms with van der Waals surface area (Å²) in [7, 11) is 0. The van der Waals surface area contributed by atoms with Crippen LogP contribution in [0.1, 0.15) is 41.0 Å². The van der Waals surface area contributed by atoms with Crippen molar-refractivity contribution >= 4 is 57.8 Å². The van der Waals surface area contributed by atoms with E-state index in [4.69, 9.17) is 23.2 Å². The minimum atomic E-state index is -1.40. The van der Waals surface area contributed by atoms with Gasteiger partial charge in [-0.25, -0.2) is 4.90 Å². The SMILES string of the molecule is Cc1ccc(N2C(=O)[C@H]3[C@H](CC=C4[C@H]3C[C@H]3C(=O)C(c5ccccc5)=CC(=O)[C@@]3(c3ccccc3)[C@H]4c3ccc(O)cc3Cl)C2=O)cc1Cl. The molecule has 1 aliphatic heterocycles. The number of phenols is 1. The van der Waals surface area contributed by atoms with E-state index in [0.717, 1.165) is 11.1 Å². The summed E-state index contributed by atoms with van der Waals surface area (Å²) in [5, 5.41) is 11.1. The Labute approximate surface area is 293 Å². The standard InChI is InChI=1S/C41H31Cl2NO5/c1-22-12-13-25(18-33(22)42)44-39(48)29-17-16-27-31(36(29)40(44)49)20-32-38(47)30(23-8-4-2-5-9-23)21-35(46)41(32,24-10-6-3-7-11-24)37(27)28-15-14-26(45)19-34(28)43/h2-16,18-19,21,29,31-32,36-37,45H,17,20H2,1H3/t29-,31+,32-,36-,37+,41-/m0/s1. The quantitative estimate of drug-likeness (QED) is 0.173. The number of aromatic hydroxyl groups is 1. The molecule has 4 aliphatic rings. The first-order chi connectivity index (χ1) is 23.6. The molecule has 244 valence electrons. The topological polar surface area (TPSA) is 91.8 Å². The monoisotopic (exact) mass is 687 g/mol. The molecule has 1 N–H and O–H groups in total. The summed E-state index contributed by atoms with van der Waals surface area (Å²) < 4.78 is 0. The maximum atomic E-state index is 15.1. The summed E-state index contributed by atoms with van der Waals surface area (Å²) in [4.78, 5) is 59.8. The number of hydrogen-bond acceptors (Lipinski definition) is 5. The lowest BCUT2D eigenvalue weighted by atomic mass is 9.44. The van der Waals surface area contributed by atoms with Gasteiger partial charge in [0.05, 0.1) is 22.9 Å². The molecule has 0 radical (unpaired) electrons. The van der Waals surface area contributed by atoms with Crippen LogP contribution in [0.25, 0.3) is 5.57 Å². The largest absolute Gasteiger partial charge is 0.508 e. The van der Waals surface area contributed by atoms with E-state index in [2.05, 4.69) is 0 Å². The average molecular weight is 689 g/mol. The molecule has 2 amide bonds. The van der Waals surface area contributed by atoms with E-state index < -0.39 is 35.0 Å². The van der Waals surface area contributed by atoms with Crippen molar-refractivity contribution in [2.45, 2.75) is 31.1 Å². The number of hydrogen-bond donors (Lipinski definition) is 1. The number of anilines is 1. The van der Waals surface area contributed by atoms with E-state index in [9.17, 15) is 19.5 Å². The van der Waals surface area contributed by atoms with Crippen LogP contribution >= 0.6 is 23.2 Å². The Morgan fingerprint density at radius 1 is 0.796 bits per heavy atom.